The molecule has 0 radical (unpaired) electrons. The number of halogens is 1. The average molecular weight is 270 g/mol. The fourth-order valence-corrected chi connectivity index (χ4v) is 1.90. The largest absolute Gasteiger partial charge is 0.328 e. The highest BCUT2D eigenvalue weighted by Crippen LogP contribution is 2.25. The van der Waals surface area contributed by atoms with E-state index < -0.39 is 0 Å². The van der Waals surface area contributed by atoms with Crippen LogP contribution < -0.4 is 5.73 Å². The quantitative estimate of drug-likeness (QED) is 0.879. The van der Waals surface area contributed by atoms with E-state index in [2.05, 4.69) is 54.9 Å². The van der Waals surface area contributed by atoms with Crippen LogP contribution >= 0.6 is 15.9 Å². The zero-order valence-corrected chi connectivity index (χ0v) is 11.3. The molecule has 15 heavy (non-hydrogen) atoms. The van der Waals surface area contributed by atoms with Crippen molar-refractivity contribution in [2.24, 2.45) is 5.73 Å². The van der Waals surface area contributed by atoms with Crippen molar-refractivity contribution in [3.63, 3.8) is 0 Å². The van der Waals surface area contributed by atoms with Gasteiger partial charge in [-0.2, -0.15) is 0 Å². The zero-order chi connectivity index (χ0) is 11.4. The lowest BCUT2D eigenvalue weighted by Crippen LogP contribution is -2.15. The fourth-order valence-electron chi connectivity index (χ4n) is 1.65. The number of rotatable bonds is 4. The van der Waals surface area contributed by atoms with Crippen LogP contribution in [0.25, 0.3) is 0 Å². The minimum absolute atomic E-state index is 0.309. The molecular formula is C13H20BrN. The van der Waals surface area contributed by atoms with E-state index in [0.29, 0.717) is 12.0 Å². The number of nitrogens with two attached hydrogens (primary N) is 1. The molecule has 0 spiro atoms. The van der Waals surface area contributed by atoms with Crippen LogP contribution in [0.15, 0.2) is 22.7 Å². The fraction of sp³-hybridized carbons (Fsp3) is 0.538. The van der Waals surface area contributed by atoms with Gasteiger partial charge in [0.2, 0.25) is 0 Å². The van der Waals surface area contributed by atoms with E-state index in [-0.39, 0.29) is 0 Å². The predicted molar refractivity (Wildman–Crippen MR) is 70.2 cm³/mol. The number of aryl methyl sites for hydroxylation is 1. The summed E-state index contributed by atoms with van der Waals surface area (Å²) in [6.07, 6.45) is 2.26. The molecule has 2 atom stereocenters. The smallest absolute Gasteiger partial charge is 0.0204 e. The molecule has 2 unspecified atom stereocenters. The molecule has 0 aromatic heterocycles. The second-order valence-corrected chi connectivity index (χ2v) is 5.32. The Labute approximate surface area is 101 Å². The van der Waals surface area contributed by atoms with E-state index in [0.717, 1.165) is 6.42 Å². The van der Waals surface area contributed by atoms with Gasteiger partial charge in [0, 0.05) is 10.5 Å². The molecular weight excluding hydrogens is 250 g/mol. The number of hydrogen-bond donors (Lipinski definition) is 1. The van der Waals surface area contributed by atoms with Crippen molar-refractivity contribution < 1.29 is 0 Å². The van der Waals surface area contributed by atoms with Crippen molar-refractivity contribution in [2.75, 3.05) is 0 Å². The highest BCUT2D eigenvalue weighted by Gasteiger charge is 2.07. The Morgan fingerprint density at radius 1 is 1.27 bits per heavy atom. The topological polar surface area (TPSA) is 26.0 Å². The van der Waals surface area contributed by atoms with E-state index in [9.17, 15) is 0 Å². The molecule has 0 aliphatic rings. The first kappa shape index (κ1) is 12.7. The Morgan fingerprint density at radius 2 is 1.93 bits per heavy atom. The number of benzene rings is 1. The van der Waals surface area contributed by atoms with Crippen molar-refractivity contribution in [2.45, 2.75) is 45.6 Å². The van der Waals surface area contributed by atoms with Gasteiger partial charge in [-0.15, -0.1) is 0 Å². The van der Waals surface area contributed by atoms with Gasteiger partial charge in [-0.25, -0.2) is 0 Å². The minimum atomic E-state index is 0.309. The van der Waals surface area contributed by atoms with E-state index in [1.54, 1.807) is 0 Å². The summed E-state index contributed by atoms with van der Waals surface area (Å²) >= 11 is 3.52. The Morgan fingerprint density at radius 3 is 2.47 bits per heavy atom. The Balaban J connectivity index is 2.65. The molecule has 1 aromatic carbocycles. The van der Waals surface area contributed by atoms with Crippen LogP contribution in [0.2, 0.25) is 0 Å². The van der Waals surface area contributed by atoms with Crippen molar-refractivity contribution in [3.05, 3.63) is 33.8 Å². The van der Waals surface area contributed by atoms with Crippen molar-refractivity contribution in [1.82, 2.24) is 0 Å². The van der Waals surface area contributed by atoms with Crippen LogP contribution in [0.3, 0.4) is 0 Å². The molecule has 2 N–H and O–H groups in total. The first-order valence-electron chi connectivity index (χ1n) is 5.52. The average Bonchev–Trinajstić information content (AvgIpc) is 2.18. The second kappa shape index (κ2) is 5.66. The van der Waals surface area contributed by atoms with Gasteiger partial charge in [0.25, 0.3) is 0 Å². The first-order chi connectivity index (χ1) is 7.00. The summed E-state index contributed by atoms with van der Waals surface area (Å²) in [5, 5.41) is 0. The molecule has 0 heterocycles. The van der Waals surface area contributed by atoms with Gasteiger partial charge in [0.15, 0.2) is 0 Å². The Hall–Kier alpha value is -0.340. The summed E-state index contributed by atoms with van der Waals surface area (Å²) in [4.78, 5) is 0. The first-order valence-corrected chi connectivity index (χ1v) is 6.31. The molecule has 1 nitrogen and oxygen atoms in total. The molecule has 0 amide bonds. The van der Waals surface area contributed by atoms with E-state index >= 15 is 0 Å². The maximum atomic E-state index is 5.77. The normalized spacial score (nSPS) is 15.0. The van der Waals surface area contributed by atoms with Crippen molar-refractivity contribution in [3.8, 4) is 0 Å². The summed E-state index contributed by atoms with van der Waals surface area (Å²) in [6.45, 7) is 6.47. The summed E-state index contributed by atoms with van der Waals surface area (Å²) in [7, 11) is 0. The number of hydrogen-bond acceptors (Lipinski definition) is 1. The second-order valence-electron chi connectivity index (χ2n) is 4.46. The van der Waals surface area contributed by atoms with Crippen LogP contribution in [-0.4, -0.2) is 6.04 Å². The molecule has 0 aliphatic carbocycles. The molecule has 0 saturated carbocycles. The maximum absolute atomic E-state index is 5.77. The van der Waals surface area contributed by atoms with Gasteiger partial charge in [0.1, 0.15) is 0 Å². The molecule has 84 valence electrons. The van der Waals surface area contributed by atoms with Gasteiger partial charge in [-0.3, -0.25) is 0 Å². The summed E-state index contributed by atoms with van der Waals surface area (Å²) in [6, 6.07) is 6.90. The standard InChI is InChI=1S/C13H20BrN/c1-9(4-5-11(3)15)12-6-7-13(14)10(2)8-12/h6-9,11H,4-5,15H2,1-3H3. The SMILES string of the molecule is Cc1cc(C(C)CCC(C)N)ccc1Br. The third-order valence-corrected chi connectivity index (χ3v) is 3.70. The van der Waals surface area contributed by atoms with E-state index in [1.807, 2.05) is 0 Å². The van der Waals surface area contributed by atoms with Crippen molar-refractivity contribution in [1.29, 1.82) is 0 Å². The zero-order valence-electron chi connectivity index (χ0n) is 9.76. The molecule has 1 aromatic rings. The molecule has 0 fully saturated rings. The van der Waals surface area contributed by atoms with Gasteiger partial charge in [0.05, 0.1) is 0 Å². The van der Waals surface area contributed by atoms with Crippen LogP contribution in [0.5, 0.6) is 0 Å². The van der Waals surface area contributed by atoms with E-state index in [1.165, 1.54) is 22.0 Å². The van der Waals surface area contributed by atoms with Gasteiger partial charge >= 0.3 is 0 Å². The predicted octanol–water partition coefficient (Wildman–Crippen LogP) is 3.99. The van der Waals surface area contributed by atoms with Crippen LogP contribution in [0.1, 0.15) is 43.7 Å². The molecule has 1 rings (SSSR count). The van der Waals surface area contributed by atoms with Crippen molar-refractivity contribution >= 4 is 15.9 Å². The third-order valence-electron chi connectivity index (χ3n) is 2.81. The maximum Gasteiger partial charge on any atom is 0.0204 e. The Bertz CT molecular complexity index is 320. The van der Waals surface area contributed by atoms with Crippen LogP contribution in [0, 0.1) is 6.92 Å². The van der Waals surface area contributed by atoms with Gasteiger partial charge < -0.3 is 5.73 Å². The molecule has 2 heteroatoms. The molecule has 0 bridgehead atoms. The lowest BCUT2D eigenvalue weighted by Gasteiger charge is -2.14. The third kappa shape index (κ3) is 3.96. The minimum Gasteiger partial charge on any atom is -0.328 e. The lowest BCUT2D eigenvalue weighted by molar-refractivity contribution is 0.568. The van der Waals surface area contributed by atoms with Crippen LogP contribution in [-0.2, 0) is 0 Å². The summed E-state index contributed by atoms with van der Waals surface area (Å²) < 4.78 is 1.19. The summed E-state index contributed by atoms with van der Waals surface area (Å²) in [5.41, 5.74) is 8.48. The van der Waals surface area contributed by atoms with Crippen LogP contribution in [0.4, 0.5) is 0 Å². The van der Waals surface area contributed by atoms with Gasteiger partial charge in [-0.05, 0) is 49.8 Å². The highest BCUT2D eigenvalue weighted by atomic mass is 79.9. The molecule has 0 saturated heterocycles. The van der Waals surface area contributed by atoms with Gasteiger partial charge in [-0.1, -0.05) is 35.0 Å². The monoisotopic (exact) mass is 269 g/mol. The highest BCUT2D eigenvalue weighted by molar-refractivity contribution is 9.10. The van der Waals surface area contributed by atoms with E-state index in [4.69, 9.17) is 5.73 Å². The summed E-state index contributed by atoms with van der Waals surface area (Å²) in [5.74, 6) is 0.600. The molecule has 0 aliphatic heterocycles. The lowest BCUT2D eigenvalue weighted by atomic mass is 9.94. The Kier molecular flexibility index (Phi) is 4.81.